The number of nitrogens with one attached hydrogen (secondary N) is 1. The zero-order chi connectivity index (χ0) is 19.9. The number of benzene rings is 2. The van der Waals surface area contributed by atoms with Gasteiger partial charge in [-0.2, -0.15) is 0 Å². The second kappa shape index (κ2) is 9.34. The Morgan fingerprint density at radius 2 is 1.81 bits per heavy atom. The minimum atomic E-state index is -3.52. The maximum Gasteiger partial charge on any atom is 0.240 e. The zero-order valence-corrected chi connectivity index (χ0v) is 16.4. The van der Waals surface area contributed by atoms with Gasteiger partial charge in [-0.3, -0.25) is 4.79 Å². The molecule has 0 unspecified atom stereocenters. The van der Waals surface area contributed by atoms with Gasteiger partial charge in [0.1, 0.15) is 0 Å². The highest BCUT2D eigenvalue weighted by Gasteiger charge is 2.11. The molecule has 7 heteroatoms. The minimum absolute atomic E-state index is 0.109. The third-order valence-electron chi connectivity index (χ3n) is 3.79. The van der Waals surface area contributed by atoms with Crippen LogP contribution in [0.2, 0.25) is 0 Å². The SMILES string of the molecule is CCCOc1ccc(/C=C/C(=O)c2ccc(S(=O)(=O)NC)cc2)cc1OC. The maximum atomic E-state index is 12.3. The Balaban J connectivity index is 2.14. The molecule has 0 heterocycles. The van der Waals surface area contributed by atoms with Gasteiger partial charge < -0.3 is 9.47 Å². The van der Waals surface area contributed by atoms with Gasteiger partial charge in [-0.15, -0.1) is 0 Å². The van der Waals surface area contributed by atoms with E-state index in [1.54, 1.807) is 25.3 Å². The van der Waals surface area contributed by atoms with Gasteiger partial charge in [0, 0.05) is 5.56 Å². The van der Waals surface area contributed by atoms with Crippen molar-refractivity contribution in [1.82, 2.24) is 4.72 Å². The molecule has 144 valence electrons. The van der Waals surface area contributed by atoms with E-state index in [2.05, 4.69) is 4.72 Å². The average Bonchev–Trinajstić information content (AvgIpc) is 2.70. The maximum absolute atomic E-state index is 12.3. The number of sulfonamides is 1. The minimum Gasteiger partial charge on any atom is -0.493 e. The summed E-state index contributed by atoms with van der Waals surface area (Å²) in [6.07, 6.45) is 4.00. The molecule has 0 aliphatic heterocycles. The Bertz CT molecular complexity index is 918. The zero-order valence-electron chi connectivity index (χ0n) is 15.6. The average molecular weight is 389 g/mol. The number of carbonyl (C=O) groups excluding carboxylic acids is 1. The van der Waals surface area contributed by atoms with Crippen LogP contribution in [-0.2, 0) is 10.0 Å². The quantitative estimate of drug-likeness (QED) is 0.526. The molecule has 0 saturated heterocycles. The topological polar surface area (TPSA) is 81.7 Å². The van der Waals surface area contributed by atoms with E-state index in [1.165, 1.54) is 37.4 Å². The first-order valence-corrected chi connectivity index (χ1v) is 9.96. The molecule has 0 radical (unpaired) electrons. The summed E-state index contributed by atoms with van der Waals surface area (Å²) < 4.78 is 36.6. The van der Waals surface area contributed by atoms with Crippen molar-refractivity contribution in [2.45, 2.75) is 18.2 Å². The molecule has 0 fully saturated rings. The number of ketones is 1. The lowest BCUT2D eigenvalue weighted by Gasteiger charge is -2.10. The second-order valence-electron chi connectivity index (χ2n) is 5.69. The van der Waals surface area contributed by atoms with E-state index in [0.29, 0.717) is 23.7 Å². The number of hydrogen-bond donors (Lipinski definition) is 1. The highest BCUT2D eigenvalue weighted by atomic mass is 32.2. The third-order valence-corrected chi connectivity index (χ3v) is 5.22. The van der Waals surface area contributed by atoms with Crippen LogP contribution < -0.4 is 14.2 Å². The molecule has 0 aromatic heterocycles. The van der Waals surface area contributed by atoms with Crippen LogP contribution >= 0.6 is 0 Å². The first kappa shape index (κ1) is 20.7. The van der Waals surface area contributed by atoms with E-state index in [0.717, 1.165) is 12.0 Å². The number of rotatable bonds is 9. The number of ether oxygens (including phenoxy) is 2. The molecule has 0 amide bonds. The fraction of sp³-hybridized carbons (Fsp3) is 0.250. The lowest BCUT2D eigenvalue weighted by molar-refractivity contribution is 0.104. The Kier molecular flexibility index (Phi) is 7.15. The highest BCUT2D eigenvalue weighted by molar-refractivity contribution is 7.89. The molecule has 0 aliphatic rings. The molecule has 2 aromatic rings. The van der Waals surface area contributed by atoms with E-state index in [1.807, 2.05) is 13.0 Å². The number of methoxy groups -OCH3 is 1. The normalized spacial score (nSPS) is 11.5. The van der Waals surface area contributed by atoms with Crippen molar-refractivity contribution in [3.8, 4) is 11.5 Å². The number of allylic oxidation sites excluding steroid dienone is 1. The summed E-state index contributed by atoms with van der Waals surface area (Å²) >= 11 is 0. The van der Waals surface area contributed by atoms with Crippen LogP contribution in [0.15, 0.2) is 53.4 Å². The van der Waals surface area contributed by atoms with Crippen LogP contribution in [0.1, 0.15) is 29.3 Å². The molecule has 2 rings (SSSR count). The van der Waals surface area contributed by atoms with Crippen molar-refractivity contribution in [3.05, 3.63) is 59.7 Å². The Morgan fingerprint density at radius 3 is 2.41 bits per heavy atom. The summed E-state index contributed by atoms with van der Waals surface area (Å²) in [7, 11) is -0.619. The Morgan fingerprint density at radius 1 is 1.11 bits per heavy atom. The van der Waals surface area contributed by atoms with Crippen LogP contribution in [0.25, 0.3) is 6.08 Å². The molecule has 1 N–H and O–H groups in total. The van der Waals surface area contributed by atoms with Crippen LogP contribution in [0, 0.1) is 0 Å². The smallest absolute Gasteiger partial charge is 0.240 e. The van der Waals surface area contributed by atoms with Gasteiger partial charge in [-0.05, 0) is 61.5 Å². The molecule has 6 nitrogen and oxygen atoms in total. The summed E-state index contributed by atoms with van der Waals surface area (Å²) in [6, 6.07) is 11.2. The monoisotopic (exact) mass is 389 g/mol. The van der Waals surface area contributed by atoms with Crippen LogP contribution in [0.4, 0.5) is 0 Å². The van der Waals surface area contributed by atoms with Gasteiger partial charge in [-0.25, -0.2) is 13.1 Å². The summed E-state index contributed by atoms with van der Waals surface area (Å²) in [5.74, 6) is 1.03. The lowest BCUT2D eigenvalue weighted by Crippen LogP contribution is -2.18. The molecular formula is C20H23NO5S. The largest absolute Gasteiger partial charge is 0.493 e. The van der Waals surface area contributed by atoms with Gasteiger partial charge in [0.15, 0.2) is 17.3 Å². The summed E-state index contributed by atoms with van der Waals surface area (Å²) in [5, 5.41) is 0. The van der Waals surface area contributed by atoms with Crippen LogP contribution in [0.5, 0.6) is 11.5 Å². The van der Waals surface area contributed by atoms with Crippen LogP contribution in [0.3, 0.4) is 0 Å². The predicted octanol–water partition coefficient (Wildman–Crippen LogP) is 3.29. The van der Waals surface area contributed by atoms with Gasteiger partial charge in [-0.1, -0.05) is 19.1 Å². The van der Waals surface area contributed by atoms with Crippen molar-refractivity contribution in [2.75, 3.05) is 20.8 Å². The summed E-state index contributed by atoms with van der Waals surface area (Å²) in [5.41, 5.74) is 1.19. The molecule has 0 spiro atoms. The fourth-order valence-corrected chi connectivity index (χ4v) is 3.03. The summed E-state index contributed by atoms with van der Waals surface area (Å²) in [6.45, 7) is 2.62. The van der Waals surface area contributed by atoms with E-state index >= 15 is 0 Å². The van der Waals surface area contributed by atoms with Crippen molar-refractivity contribution >= 4 is 21.9 Å². The number of carbonyl (C=O) groups is 1. The van der Waals surface area contributed by atoms with E-state index in [4.69, 9.17) is 9.47 Å². The first-order valence-electron chi connectivity index (χ1n) is 8.48. The van der Waals surface area contributed by atoms with Gasteiger partial charge in [0.05, 0.1) is 18.6 Å². The van der Waals surface area contributed by atoms with Gasteiger partial charge in [0.25, 0.3) is 0 Å². The van der Waals surface area contributed by atoms with Crippen molar-refractivity contribution in [2.24, 2.45) is 0 Å². The number of hydrogen-bond acceptors (Lipinski definition) is 5. The highest BCUT2D eigenvalue weighted by Crippen LogP contribution is 2.28. The van der Waals surface area contributed by atoms with Crippen molar-refractivity contribution in [3.63, 3.8) is 0 Å². The molecular weight excluding hydrogens is 366 g/mol. The molecule has 0 atom stereocenters. The standard InChI is InChI=1S/C20H23NO5S/c1-4-13-26-19-12-6-15(14-20(19)25-3)5-11-18(22)16-7-9-17(10-8-16)27(23,24)21-2/h5-12,14,21H,4,13H2,1-3H3/b11-5+. The van der Waals surface area contributed by atoms with Gasteiger partial charge in [0.2, 0.25) is 10.0 Å². The third kappa shape index (κ3) is 5.42. The Hall–Kier alpha value is -2.64. The Labute approximate surface area is 159 Å². The summed E-state index contributed by atoms with van der Waals surface area (Å²) in [4.78, 5) is 12.4. The van der Waals surface area contributed by atoms with E-state index in [-0.39, 0.29) is 10.7 Å². The predicted molar refractivity (Wildman–Crippen MR) is 105 cm³/mol. The van der Waals surface area contributed by atoms with Crippen molar-refractivity contribution < 1.29 is 22.7 Å². The lowest BCUT2D eigenvalue weighted by atomic mass is 10.1. The van der Waals surface area contributed by atoms with E-state index < -0.39 is 10.0 Å². The molecule has 0 aliphatic carbocycles. The van der Waals surface area contributed by atoms with E-state index in [9.17, 15) is 13.2 Å². The molecule has 2 aromatic carbocycles. The van der Waals surface area contributed by atoms with Crippen LogP contribution in [-0.4, -0.2) is 35.0 Å². The fourth-order valence-electron chi connectivity index (χ4n) is 2.30. The molecule has 0 bridgehead atoms. The first-order chi connectivity index (χ1) is 12.9. The van der Waals surface area contributed by atoms with Gasteiger partial charge >= 0.3 is 0 Å². The molecule has 27 heavy (non-hydrogen) atoms. The second-order valence-corrected chi connectivity index (χ2v) is 7.57. The van der Waals surface area contributed by atoms with Crippen molar-refractivity contribution in [1.29, 1.82) is 0 Å². The molecule has 0 saturated carbocycles.